The first kappa shape index (κ1) is 10.9. The molecule has 0 radical (unpaired) electrons. The van der Waals surface area contributed by atoms with Gasteiger partial charge in [-0.2, -0.15) is 0 Å². The Balaban J connectivity index is 2.13. The molecule has 0 spiro atoms. The number of pyridine rings is 1. The lowest BCUT2D eigenvalue weighted by molar-refractivity contribution is 0.703. The molecule has 0 aromatic carbocycles. The van der Waals surface area contributed by atoms with Crippen LogP contribution in [0.25, 0.3) is 0 Å². The number of anilines is 1. The summed E-state index contributed by atoms with van der Waals surface area (Å²) < 4.78 is 1.12. The zero-order chi connectivity index (χ0) is 10.7. The van der Waals surface area contributed by atoms with Crippen LogP contribution in [0.3, 0.4) is 0 Å². The van der Waals surface area contributed by atoms with Crippen LogP contribution in [-0.2, 0) is 0 Å². The van der Waals surface area contributed by atoms with Gasteiger partial charge in [0.25, 0.3) is 0 Å². The molecule has 0 atom stereocenters. The fraction of sp³-hybridized carbons (Fsp3) is 0.583. The second kappa shape index (κ2) is 4.97. The summed E-state index contributed by atoms with van der Waals surface area (Å²) in [5, 5.41) is 0. The van der Waals surface area contributed by atoms with Gasteiger partial charge in [0, 0.05) is 18.8 Å². The Labute approximate surface area is 99.8 Å². The van der Waals surface area contributed by atoms with Gasteiger partial charge in [0.1, 0.15) is 5.82 Å². The van der Waals surface area contributed by atoms with Crippen LogP contribution in [0.5, 0.6) is 0 Å². The maximum absolute atomic E-state index is 4.47. The van der Waals surface area contributed by atoms with E-state index in [0.29, 0.717) is 0 Å². The lowest BCUT2D eigenvalue weighted by Gasteiger charge is -2.24. The van der Waals surface area contributed by atoms with Crippen LogP contribution in [0.15, 0.2) is 22.8 Å². The number of hydrogen-bond donors (Lipinski definition) is 0. The normalized spacial score (nSPS) is 15.3. The van der Waals surface area contributed by atoms with Crippen molar-refractivity contribution in [1.29, 1.82) is 0 Å². The predicted octanol–water partition coefficient (Wildman–Crippen LogP) is 3.61. The molecule has 0 unspecified atom stereocenters. The molecule has 2 nitrogen and oxygen atoms in total. The van der Waals surface area contributed by atoms with E-state index in [4.69, 9.17) is 0 Å². The Morgan fingerprint density at radius 3 is 2.93 bits per heavy atom. The van der Waals surface area contributed by atoms with Crippen LogP contribution >= 0.6 is 15.9 Å². The van der Waals surface area contributed by atoms with Gasteiger partial charge in [0.05, 0.1) is 4.47 Å². The number of nitrogens with zero attached hydrogens (tertiary/aromatic N) is 2. The molecule has 3 heteroatoms. The quantitative estimate of drug-likeness (QED) is 0.811. The standard InChI is InChI=1S/C12H17BrN2/c1-2-3-9-15(10-6-7-10)12-11(13)5-4-8-14-12/h4-5,8,10H,2-3,6-7,9H2,1H3. The summed E-state index contributed by atoms with van der Waals surface area (Å²) >= 11 is 3.58. The molecule has 0 saturated heterocycles. The third kappa shape index (κ3) is 2.71. The summed E-state index contributed by atoms with van der Waals surface area (Å²) in [6, 6.07) is 4.78. The van der Waals surface area contributed by atoms with Gasteiger partial charge < -0.3 is 4.90 Å². The highest BCUT2D eigenvalue weighted by molar-refractivity contribution is 9.10. The molecule has 1 aromatic heterocycles. The van der Waals surface area contributed by atoms with Crippen LogP contribution in [0.4, 0.5) is 5.82 Å². The topological polar surface area (TPSA) is 16.1 Å². The van der Waals surface area contributed by atoms with Crippen molar-refractivity contribution >= 4 is 21.7 Å². The summed E-state index contributed by atoms with van der Waals surface area (Å²) in [5.41, 5.74) is 0. The maximum atomic E-state index is 4.47. The second-order valence-corrected chi connectivity index (χ2v) is 4.94. The van der Waals surface area contributed by atoms with Gasteiger partial charge in [0.15, 0.2) is 0 Å². The van der Waals surface area contributed by atoms with Crippen LogP contribution < -0.4 is 4.90 Å². The lowest BCUT2D eigenvalue weighted by atomic mass is 10.3. The minimum Gasteiger partial charge on any atom is -0.353 e. The number of hydrogen-bond acceptors (Lipinski definition) is 2. The average Bonchev–Trinajstić information content (AvgIpc) is 3.05. The zero-order valence-corrected chi connectivity index (χ0v) is 10.7. The molecular weight excluding hydrogens is 252 g/mol. The Bertz CT molecular complexity index is 323. The largest absolute Gasteiger partial charge is 0.353 e. The fourth-order valence-corrected chi connectivity index (χ4v) is 2.25. The first-order valence-corrected chi connectivity index (χ1v) is 6.49. The molecule has 1 fully saturated rings. The Morgan fingerprint density at radius 2 is 2.33 bits per heavy atom. The van der Waals surface area contributed by atoms with E-state index in [1.165, 1.54) is 25.7 Å². The van der Waals surface area contributed by atoms with Crippen molar-refractivity contribution in [2.45, 2.75) is 38.6 Å². The summed E-state index contributed by atoms with van der Waals surface area (Å²) in [7, 11) is 0. The highest BCUT2D eigenvalue weighted by Crippen LogP contribution is 2.34. The van der Waals surface area contributed by atoms with Crippen LogP contribution in [0.2, 0.25) is 0 Å². The second-order valence-electron chi connectivity index (χ2n) is 4.09. The predicted molar refractivity (Wildman–Crippen MR) is 67.2 cm³/mol. The van der Waals surface area contributed by atoms with Gasteiger partial charge in [-0.3, -0.25) is 0 Å². The Hall–Kier alpha value is -0.570. The van der Waals surface area contributed by atoms with E-state index in [2.05, 4.69) is 38.8 Å². The van der Waals surface area contributed by atoms with E-state index in [1.54, 1.807) is 0 Å². The van der Waals surface area contributed by atoms with Crippen LogP contribution in [-0.4, -0.2) is 17.6 Å². The molecule has 0 N–H and O–H groups in total. The summed E-state index contributed by atoms with van der Waals surface area (Å²) in [6.07, 6.45) is 7.02. The van der Waals surface area contributed by atoms with Crippen LogP contribution in [0, 0.1) is 0 Å². The smallest absolute Gasteiger partial charge is 0.143 e. The highest BCUT2D eigenvalue weighted by atomic mass is 79.9. The SMILES string of the molecule is CCCCN(c1ncccc1Br)C1CC1. The summed E-state index contributed by atoms with van der Waals surface area (Å²) in [6.45, 7) is 3.37. The van der Waals surface area contributed by atoms with E-state index < -0.39 is 0 Å². The lowest BCUT2D eigenvalue weighted by Crippen LogP contribution is -2.27. The van der Waals surface area contributed by atoms with Gasteiger partial charge in [-0.25, -0.2) is 4.98 Å². The molecule has 2 rings (SSSR count). The van der Waals surface area contributed by atoms with Gasteiger partial charge in [0.2, 0.25) is 0 Å². The molecule has 1 aliphatic rings. The molecular formula is C12H17BrN2. The summed E-state index contributed by atoms with van der Waals surface area (Å²) in [5.74, 6) is 1.12. The number of rotatable bonds is 5. The minimum absolute atomic E-state index is 0.739. The molecule has 1 aromatic rings. The molecule has 0 amide bonds. The van der Waals surface area contributed by atoms with Crippen molar-refractivity contribution in [2.24, 2.45) is 0 Å². The zero-order valence-electron chi connectivity index (χ0n) is 9.12. The van der Waals surface area contributed by atoms with Crippen molar-refractivity contribution in [1.82, 2.24) is 4.98 Å². The Morgan fingerprint density at radius 1 is 1.53 bits per heavy atom. The van der Waals surface area contributed by atoms with E-state index in [-0.39, 0.29) is 0 Å². The van der Waals surface area contributed by atoms with E-state index >= 15 is 0 Å². The average molecular weight is 269 g/mol. The van der Waals surface area contributed by atoms with Crippen molar-refractivity contribution in [3.05, 3.63) is 22.8 Å². The number of aromatic nitrogens is 1. The number of halogens is 1. The third-order valence-corrected chi connectivity index (χ3v) is 3.37. The third-order valence-electron chi connectivity index (χ3n) is 2.75. The van der Waals surface area contributed by atoms with Crippen molar-refractivity contribution in [3.63, 3.8) is 0 Å². The monoisotopic (exact) mass is 268 g/mol. The maximum Gasteiger partial charge on any atom is 0.143 e. The van der Waals surface area contributed by atoms with Gasteiger partial charge >= 0.3 is 0 Å². The van der Waals surface area contributed by atoms with E-state index in [0.717, 1.165) is 22.9 Å². The van der Waals surface area contributed by atoms with Crippen molar-refractivity contribution < 1.29 is 0 Å². The van der Waals surface area contributed by atoms with E-state index in [9.17, 15) is 0 Å². The van der Waals surface area contributed by atoms with Crippen LogP contribution in [0.1, 0.15) is 32.6 Å². The van der Waals surface area contributed by atoms with E-state index in [1.807, 2.05) is 12.3 Å². The molecule has 15 heavy (non-hydrogen) atoms. The number of unbranched alkanes of at least 4 members (excludes halogenated alkanes) is 1. The molecule has 82 valence electrons. The van der Waals surface area contributed by atoms with Gasteiger partial charge in [-0.05, 0) is 47.3 Å². The molecule has 1 heterocycles. The van der Waals surface area contributed by atoms with Gasteiger partial charge in [-0.15, -0.1) is 0 Å². The minimum atomic E-state index is 0.739. The molecule has 0 bridgehead atoms. The first-order valence-electron chi connectivity index (χ1n) is 5.70. The molecule has 1 aliphatic carbocycles. The Kier molecular flexibility index (Phi) is 3.62. The van der Waals surface area contributed by atoms with Crippen molar-refractivity contribution in [3.8, 4) is 0 Å². The summed E-state index contributed by atoms with van der Waals surface area (Å²) in [4.78, 5) is 6.92. The highest BCUT2D eigenvalue weighted by Gasteiger charge is 2.30. The fourth-order valence-electron chi connectivity index (χ4n) is 1.76. The first-order chi connectivity index (χ1) is 7.33. The van der Waals surface area contributed by atoms with Crippen molar-refractivity contribution in [2.75, 3.05) is 11.4 Å². The molecule has 0 aliphatic heterocycles. The van der Waals surface area contributed by atoms with Gasteiger partial charge in [-0.1, -0.05) is 13.3 Å². The molecule has 1 saturated carbocycles.